The number of imide groups is 1. The van der Waals surface area contributed by atoms with E-state index in [2.05, 4.69) is 31.9 Å². The van der Waals surface area contributed by atoms with Gasteiger partial charge in [0.05, 0.1) is 6.54 Å². The third-order valence-electron chi connectivity index (χ3n) is 4.84. The van der Waals surface area contributed by atoms with E-state index in [0.29, 0.717) is 11.3 Å². The molecule has 0 saturated carbocycles. The van der Waals surface area contributed by atoms with Crippen LogP contribution >= 0.6 is 15.9 Å². The molecule has 1 unspecified atom stereocenters. The molecule has 1 aliphatic rings. The Labute approximate surface area is 182 Å². The molecule has 0 spiro atoms. The van der Waals surface area contributed by atoms with Crippen molar-refractivity contribution in [2.45, 2.75) is 19.4 Å². The van der Waals surface area contributed by atoms with Gasteiger partial charge >= 0.3 is 6.03 Å². The van der Waals surface area contributed by atoms with Crippen LogP contribution < -0.4 is 16.0 Å². The van der Waals surface area contributed by atoms with Crippen LogP contribution in [0, 0.1) is 6.92 Å². The van der Waals surface area contributed by atoms with E-state index in [1.54, 1.807) is 49.4 Å². The summed E-state index contributed by atoms with van der Waals surface area (Å²) in [5.74, 6) is -1.55. The first-order valence-electron chi connectivity index (χ1n) is 9.23. The number of nitrogens with zero attached hydrogens (tertiary/aromatic N) is 1. The molecule has 0 aromatic heterocycles. The lowest BCUT2D eigenvalue weighted by atomic mass is 9.92. The molecule has 1 fully saturated rings. The number of rotatable bonds is 6. The molecular weight excluding hydrogens is 452 g/mol. The largest absolute Gasteiger partial charge is 0.345 e. The van der Waals surface area contributed by atoms with Crippen molar-refractivity contribution in [3.63, 3.8) is 0 Å². The average Bonchev–Trinajstić information content (AvgIpc) is 2.93. The number of anilines is 1. The molecule has 30 heavy (non-hydrogen) atoms. The highest BCUT2D eigenvalue weighted by Crippen LogP contribution is 2.28. The lowest BCUT2D eigenvalue weighted by Crippen LogP contribution is -2.44. The summed E-state index contributed by atoms with van der Waals surface area (Å²) in [6, 6.07) is 13.5. The maximum atomic E-state index is 12.8. The topological polar surface area (TPSA) is 108 Å². The zero-order chi connectivity index (χ0) is 21.9. The first-order valence-corrected chi connectivity index (χ1v) is 10.0. The summed E-state index contributed by atoms with van der Waals surface area (Å²) in [5.41, 5.74) is 0.874. The van der Waals surface area contributed by atoms with Crippen molar-refractivity contribution in [2.75, 3.05) is 18.4 Å². The van der Waals surface area contributed by atoms with Crippen molar-refractivity contribution in [3.05, 3.63) is 64.1 Å². The molecule has 5 amide bonds. The van der Waals surface area contributed by atoms with E-state index in [9.17, 15) is 19.2 Å². The zero-order valence-corrected chi connectivity index (χ0v) is 18.1. The van der Waals surface area contributed by atoms with Crippen LogP contribution in [-0.2, 0) is 19.9 Å². The van der Waals surface area contributed by atoms with Crippen LogP contribution in [0.3, 0.4) is 0 Å². The smallest absolute Gasteiger partial charge is 0.325 e. The molecule has 2 aromatic carbocycles. The van der Waals surface area contributed by atoms with Crippen LogP contribution in [0.2, 0.25) is 0 Å². The summed E-state index contributed by atoms with van der Waals surface area (Å²) in [5, 5.41) is 7.77. The number of nitrogens with one attached hydrogen (secondary N) is 3. The lowest BCUT2D eigenvalue weighted by Gasteiger charge is -2.22. The highest BCUT2D eigenvalue weighted by Gasteiger charge is 2.49. The van der Waals surface area contributed by atoms with Gasteiger partial charge in [-0.25, -0.2) is 4.79 Å². The molecule has 9 heteroatoms. The van der Waals surface area contributed by atoms with E-state index in [1.165, 1.54) is 0 Å². The molecule has 0 radical (unpaired) electrons. The Morgan fingerprint density at radius 3 is 2.47 bits per heavy atom. The number of hydrogen-bond donors (Lipinski definition) is 3. The van der Waals surface area contributed by atoms with Crippen LogP contribution in [0.15, 0.2) is 53.0 Å². The molecule has 0 aliphatic carbocycles. The Kier molecular flexibility index (Phi) is 6.21. The molecule has 3 rings (SSSR count). The van der Waals surface area contributed by atoms with Crippen molar-refractivity contribution in [3.8, 4) is 0 Å². The minimum Gasteiger partial charge on any atom is -0.345 e. The first kappa shape index (κ1) is 21.5. The highest BCUT2D eigenvalue weighted by molar-refractivity contribution is 9.10. The van der Waals surface area contributed by atoms with E-state index < -0.39 is 35.8 Å². The van der Waals surface area contributed by atoms with Gasteiger partial charge in [-0.15, -0.1) is 0 Å². The molecule has 1 saturated heterocycles. The summed E-state index contributed by atoms with van der Waals surface area (Å²) in [4.78, 5) is 50.3. The molecule has 3 N–H and O–H groups in total. The lowest BCUT2D eigenvalue weighted by molar-refractivity contribution is -0.135. The fourth-order valence-corrected chi connectivity index (χ4v) is 3.62. The Balaban J connectivity index is 1.56. The molecule has 1 heterocycles. The molecule has 156 valence electrons. The van der Waals surface area contributed by atoms with E-state index in [0.717, 1.165) is 14.9 Å². The maximum absolute atomic E-state index is 12.8. The van der Waals surface area contributed by atoms with Crippen LogP contribution in [0.4, 0.5) is 10.5 Å². The summed E-state index contributed by atoms with van der Waals surface area (Å²) in [6.07, 6.45) is 0. The van der Waals surface area contributed by atoms with Crippen molar-refractivity contribution >= 4 is 45.4 Å². The Morgan fingerprint density at radius 2 is 1.80 bits per heavy atom. The molecule has 0 bridgehead atoms. The van der Waals surface area contributed by atoms with Gasteiger partial charge in [-0.3, -0.25) is 19.3 Å². The molecular formula is C21H21BrN4O4. The fourth-order valence-electron chi connectivity index (χ4n) is 3.15. The number of carbonyl (C=O) groups is 4. The van der Waals surface area contributed by atoms with Crippen molar-refractivity contribution in [1.82, 2.24) is 15.5 Å². The quantitative estimate of drug-likeness (QED) is 0.560. The highest BCUT2D eigenvalue weighted by atomic mass is 79.9. The van der Waals surface area contributed by atoms with E-state index in [-0.39, 0.29) is 6.54 Å². The molecule has 1 aliphatic heterocycles. The van der Waals surface area contributed by atoms with Crippen LogP contribution in [0.25, 0.3) is 0 Å². The van der Waals surface area contributed by atoms with Gasteiger partial charge < -0.3 is 16.0 Å². The Bertz CT molecular complexity index is 1010. The van der Waals surface area contributed by atoms with Gasteiger partial charge in [-0.05, 0) is 43.2 Å². The first-order chi connectivity index (χ1) is 14.2. The van der Waals surface area contributed by atoms with Gasteiger partial charge in [-0.1, -0.05) is 46.3 Å². The predicted octanol–water partition coefficient (Wildman–Crippen LogP) is 2.28. The second kappa shape index (κ2) is 8.66. The number of urea groups is 1. The number of aryl methyl sites for hydroxylation is 1. The van der Waals surface area contributed by atoms with Crippen molar-refractivity contribution < 1.29 is 19.2 Å². The minimum absolute atomic E-state index is 0.284. The fraction of sp³-hybridized carbons (Fsp3) is 0.238. The predicted molar refractivity (Wildman–Crippen MR) is 115 cm³/mol. The summed E-state index contributed by atoms with van der Waals surface area (Å²) in [6.45, 7) is 2.68. The zero-order valence-electron chi connectivity index (χ0n) is 16.5. The SMILES string of the molecule is Cc1cc(Br)ccc1NC(=O)CNC(=O)CN1C(=O)NC(C)(c2ccccc2)C1=O. The number of amides is 5. The average molecular weight is 473 g/mol. The van der Waals surface area contributed by atoms with Gasteiger partial charge in [0.1, 0.15) is 12.1 Å². The van der Waals surface area contributed by atoms with Crippen LogP contribution in [0.5, 0.6) is 0 Å². The number of benzene rings is 2. The normalized spacial score (nSPS) is 18.2. The minimum atomic E-state index is -1.24. The number of halogens is 1. The molecule has 2 aromatic rings. The standard InChI is InChI=1S/C21H21BrN4O4/c1-13-10-15(22)8-9-16(13)24-17(27)11-23-18(28)12-26-19(29)21(2,25-20(26)30)14-6-4-3-5-7-14/h3-10H,11-12H2,1-2H3,(H,23,28)(H,24,27)(H,25,30). The maximum Gasteiger partial charge on any atom is 0.325 e. The summed E-state index contributed by atoms with van der Waals surface area (Å²) < 4.78 is 0.891. The van der Waals surface area contributed by atoms with Gasteiger partial charge in [0, 0.05) is 10.2 Å². The van der Waals surface area contributed by atoms with Crippen molar-refractivity contribution in [2.24, 2.45) is 0 Å². The third kappa shape index (κ3) is 4.51. The van der Waals surface area contributed by atoms with E-state index >= 15 is 0 Å². The molecule has 8 nitrogen and oxygen atoms in total. The number of carbonyl (C=O) groups excluding carboxylic acids is 4. The molecule has 1 atom stereocenters. The third-order valence-corrected chi connectivity index (χ3v) is 5.33. The Morgan fingerprint density at radius 1 is 1.10 bits per heavy atom. The van der Waals surface area contributed by atoms with E-state index in [1.807, 2.05) is 13.0 Å². The van der Waals surface area contributed by atoms with E-state index in [4.69, 9.17) is 0 Å². The van der Waals surface area contributed by atoms with Gasteiger partial charge in [0.15, 0.2) is 0 Å². The summed E-state index contributed by atoms with van der Waals surface area (Å²) >= 11 is 3.35. The Hall–Kier alpha value is -3.20. The van der Waals surface area contributed by atoms with Gasteiger partial charge in [0.2, 0.25) is 11.8 Å². The van der Waals surface area contributed by atoms with Crippen LogP contribution in [-0.4, -0.2) is 41.7 Å². The summed E-state index contributed by atoms with van der Waals surface area (Å²) in [7, 11) is 0. The van der Waals surface area contributed by atoms with Crippen LogP contribution in [0.1, 0.15) is 18.1 Å². The monoisotopic (exact) mass is 472 g/mol. The van der Waals surface area contributed by atoms with Gasteiger partial charge in [-0.2, -0.15) is 0 Å². The number of hydrogen-bond acceptors (Lipinski definition) is 4. The van der Waals surface area contributed by atoms with Crippen molar-refractivity contribution in [1.29, 1.82) is 0 Å². The second-order valence-electron chi connectivity index (χ2n) is 7.10. The second-order valence-corrected chi connectivity index (χ2v) is 8.01. The van der Waals surface area contributed by atoms with Gasteiger partial charge in [0.25, 0.3) is 5.91 Å².